The molecule has 2 atom stereocenters. The number of hydrogen-bond acceptors (Lipinski definition) is 5. The Morgan fingerprint density at radius 1 is 1.48 bits per heavy atom. The maximum absolute atomic E-state index is 12.1. The highest BCUT2D eigenvalue weighted by atomic mass is 32.2. The fraction of sp³-hybridized carbons (Fsp3) is 0.615. The maximum Gasteiger partial charge on any atom is 0.223 e. The Morgan fingerprint density at radius 2 is 2.19 bits per heavy atom. The van der Waals surface area contributed by atoms with Crippen LogP contribution in [0.2, 0.25) is 0 Å². The SMILES string of the molecule is Cc1ccc([C@@H]2CN(C(=O)CCNS(C)(=O)=O)C[C@H]2N)o1. The lowest BCUT2D eigenvalue weighted by atomic mass is 10.0. The predicted molar refractivity (Wildman–Crippen MR) is 78.2 cm³/mol. The van der Waals surface area contributed by atoms with E-state index in [0.717, 1.165) is 17.8 Å². The molecular weight excluding hydrogens is 294 g/mol. The highest BCUT2D eigenvalue weighted by Gasteiger charge is 2.35. The van der Waals surface area contributed by atoms with E-state index < -0.39 is 10.0 Å². The molecule has 7 nitrogen and oxygen atoms in total. The summed E-state index contributed by atoms with van der Waals surface area (Å²) in [6.45, 7) is 2.94. The first-order valence-electron chi connectivity index (χ1n) is 6.80. The number of hydrogen-bond donors (Lipinski definition) is 2. The van der Waals surface area contributed by atoms with Gasteiger partial charge in [-0.05, 0) is 19.1 Å². The summed E-state index contributed by atoms with van der Waals surface area (Å²) in [5, 5.41) is 0. The van der Waals surface area contributed by atoms with E-state index in [1.807, 2.05) is 19.1 Å². The summed E-state index contributed by atoms with van der Waals surface area (Å²) in [6.07, 6.45) is 1.20. The summed E-state index contributed by atoms with van der Waals surface area (Å²) in [5.41, 5.74) is 6.08. The number of nitrogens with two attached hydrogens (primary N) is 1. The monoisotopic (exact) mass is 315 g/mol. The minimum absolute atomic E-state index is 0.00878. The Bertz CT molecular complexity index is 611. The van der Waals surface area contributed by atoms with Gasteiger partial charge in [0, 0.05) is 32.1 Å². The van der Waals surface area contributed by atoms with Gasteiger partial charge in [-0.2, -0.15) is 0 Å². The molecule has 1 saturated heterocycles. The summed E-state index contributed by atoms with van der Waals surface area (Å²) in [5.74, 6) is 1.50. The van der Waals surface area contributed by atoms with Crippen molar-refractivity contribution in [2.75, 3.05) is 25.9 Å². The van der Waals surface area contributed by atoms with Gasteiger partial charge in [0.2, 0.25) is 15.9 Å². The largest absolute Gasteiger partial charge is 0.466 e. The first-order valence-corrected chi connectivity index (χ1v) is 8.70. The van der Waals surface area contributed by atoms with Crippen LogP contribution in [0.4, 0.5) is 0 Å². The zero-order valence-electron chi connectivity index (χ0n) is 12.2. The molecule has 2 rings (SSSR count). The Hall–Kier alpha value is -1.38. The molecule has 1 aromatic heterocycles. The van der Waals surface area contributed by atoms with Crippen LogP contribution in [0, 0.1) is 6.92 Å². The predicted octanol–water partition coefficient (Wildman–Crippen LogP) is -0.220. The van der Waals surface area contributed by atoms with Crippen molar-refractivity contribution in [1.29, 1.82) is 0 Å². The molecule has 0 aliphatic carbocycles. The van der Waals surface area contributed by atoms with Gasteiger partial charge in [0.05, 0.1) is 12.2 Å². The van der Waals surface area contributed by atoms with Gasteiger partial charge < -0.3 is 15.1 Å². The van der Waals surface area contributed by atoms with Gasteiger partial charge in [-0.15, -0.1) is 0 Å². The first-order chi connectivity index (χ1) is 9.76. The molecule has 0 unspecified atom stereocenters. The second-order valence-corrected chi connectivity index (χ2v) is 7.27. The summed E-state index contributed by atoms with van der Waals surface area (Å²) in [4.78, 5) is 13.7. The molecule has 1 aliphatic rings. The Morgan fingerprint density at radius 3 is 2.76 bits per heavy atom. The summed E-state index contributed by atoms with van der Waals surface area (Å²) >= 11 is 0. The molecule has 8 heteroatoms. The van der Waals surface area contributed by atoms with Crippen molar-refractivity contribution in [1.82, 2.24) is 9.62 Å². The third kappa shape index (κ3) is 4.29. The van der Waals surface area contributed by atoms with Crippen LogP contribution in [-0.2, 0) is 14.8 Å². The lowest BCUT2D eigenvalue weighted by molar-refractivity contribution is -0.130. The highest BCUT2D eigenvalue weighted by molar-refractivity contribution is 7.88. The van der Waals surface area contributed by atoms with Crippen LogP contribution >= 0.6 is 0 Å². The Balaban J connectivity index is 1.90. The average molecular weight is 315 g/mol. The molecule has 0 saturated carbocycles. The summed E-state index contributed by atoms with van der Waals surface area (Å²) in [6, 6.07) is 3.60. The fourth-order valence-corrected chi connectivity index (χ4v) is 2.96. The Labute approximate surface area is 124 Å². The molecule has 0 radical (unpaired) electrons. The van der Waals surface area contributed by atoms with Crippen molar-refractivity contribution < 1.29 is 17.6 Å². The summed E-state index contributed by atoms with van der Waals surface area (Å²) in [7, 11) is -3.27. The number of nitrogens with one attached hydrogen (secondary N) is 1. The number of rotatable bonds is 5. The van der Waals surface area contributed by atoms with Crippen molar-refractivity contribution >= 4 is 15.9 Å². The standard InChI is InChI=1S/C13H21N3O4S/c1-9-3-4-12(20-9)10-7-16(8-11(10)14)13(17)5-6-15-21(2,18)19/h3-4,10-11,15H,5-8,14H2,1-2H3/t10-,11-/m1/s1. The molecule has 118 valence electrons. The summed E-state index contributed by atoms with van der Waals surface area (Å²) < 4.78 is 29.8. The van der Waals surface area contributed by atoms with E-state index >= 15 is 0 Å². The number of amides is 1. The van der Waals surface area contributed by atoms with Crippen LogP contribution < -0.4 is 10.5 Å². The van der Waals surface area contributed by atoms with Crippen molar-refractivity contribution in [3.63, 3.8) is 0 Å². The van der Waals surface area contributed by atoms with Gasteiger partial charge in [-0.3, -0.25) is 4.79 Å². The average Bonchev–Trinajstić information content (AvgIpc) is 2.93. The second-order valence-electron chi connectivity index (χ2n) is 5.43. The van der Waals surface area contributed by atoms with Gasteiger partial charge in [0.1, 0.15) is 11.5 Å². The van der Waals surface area contributed by atoms with Crippen LogP contribution in [0.3, 0.4) is 0 Å². The first kappa shape index (κ1) is 16.0. The van der Waals surface area contributed by atoms with Crippen molar-refractivity contribution in [3.05, 3.63) is 23.7 Å². The molecule has 0 bridgehead atoms. The molecule has 1 amide bonds. The molecule has 1 aliphatic heterocycles. The smallest absolute Gasteiger partial charge is 0.223 e. The number of carbonyl (C=O) groups is 1. The lowest BCUT2D eigenvalue weighted by Gasteiger charge is -2.15. The van der Waals surface area contributed by atoms with E-state index in [2.05, 4.69) is 4.72 Å². The number of sulfonamides is 1. The normalized spacial score (nSPS) is 22.7. The van der Waals surface area contributed by atoms with Crippen LogP contribution in [0.15, 0.2) is 16.5 Å². The quantitative estimate of drug-likeness (QED) is 0.781. The number of carbonyl (C=O) groups excluding carboxylic acids is 1. The van der Waals surface area contributed by atoms with Crippen LogP contribution in [0.25, 0.3) is 0 Å². The van der Waals surface area contributed by atoms with E-state index in [0.29, 0.717) is 13.1 Å². The van der Waals surface area contributed by atoms with E-state index in [1.54, 1.807) is 4.90 Å². The maximum atomic E-state index is 12.1. The lowest BCUT2D eigenvalue weighted by Crippen LogP contribution is -2.34. The van der Waals surface area contributed by atoms with Crippen molar-refractivity contribution in [3.8, 4) is 0 Å². The van der Waals surface area contributed by atoms with Gasteiger partial charge in [0.15, 0.2) is 0 Å². The molecule has 1 aromatic rings. The van der Waals surface area contributed by atoms with Crippen LogP contribution in [0.5, 0.6) is 0 Å². The van der Waals surface area contributed by atoms with Gasteiger partial charge >= 0.3 is 0 Å². The third-order valence-electron chi connectivity index (χ3n) is 3.55. The van der Waals surface area contributed by atoms with Crippen molar-refractivity contribution in [2.45, 2.75) is 25.3 Å². The number of nitrogens with zero attached hydrogens (tertiary/aromatic N) is 1. The number of furan rings is 1. The minimum atomic E-state index is -3.27. The Kier molecular flexibility index (Phi) is 4.70. The molecule has 0 aromatic carbocycles. The second kappa shape index (κ2) is 6.17. The zero-order valence-corrected chi connectivity index (χ0v) is 13.0. The van der Waals surface area contributed by atoms with Gasteiger partial charge in [-0.1, -0.05) is 0 Å². The van der Waals surface area contributed by atoms with E-state index in [1.165, 1.54) is 0 Å². The number of aryl methyl sites for hydroxylation is 1. The van der Waals surface area contributed by atoms with Gasteiger partial charge in [-0.25, -0.2) is 13.1 Å². The highest BCUT2D eigenvalue weighted by Crippen LogP contribution is 2.28. The zero-order chi connectivity index (χ0) is 15.6. The van der Waals surface area contributed by atoms with Crippen molar-refractivity contribution in [2.24, 2.45) is 5.73 Å². The van der Waals surface area contributed by atoms with Crippen LogP contribution in [0.1, 0.15) is 23.9 Å². The van der Waals surface area contributed by atoms with E-state index in [4.69, 9.17) is 10.2 Å². The molecule has 2 heterocycles. The number of likely N-dealkylation sites (tertiary alicyclic amines) is 1. The van der Waals surface area contributed by atoms with Crippen LogP contribution in [-0.4, -0.2) is 51.2 Å². The molecule has 0 spiro atoms. The van der Waals surface area contributed by atoms with Gasteiger partial charge in [0.25, 0.3) is 0 Å². The van der Waals surface area contributed by atoms with E-state index in [-0.39, 0.29) is 30.8 Å². The molecular formula is C13H21N3O4S. The minimum Gasteiger partial charge on any atom is -0.466 e. The molecule has 3 N–H and O–H groups in total. The third-order valence-corrected chi connectivity index (χ3v) is 4.28. The molecule has 1 fully saturated rings. The molecule has 21 heavy (non-hydrogen) atoms. The topological polar surface area (TPSA) is 106 Å². The van der Waals surface area contributed by atoms with E-state index in [9.17, 15) is 13.2 Å². The fourth-order valence-electron chi connectivity index (χ4n) is 2.49.